The minimum atomic E-state index is -0.281. The summed E-state index contributed by atoms with van der Waals surface area (Å²) in [5.41, 5.74) is 6.79. The van der Waals surface area contributed by atoms with Crippen LogP contribution in [0.4, 0.5) is 11.4 Å². The first kappa shape index (κ1) is 15.0. The summed E-state index contributed by atoms with van der Waals surface area (Å²) >= 11 is 5.91. The Balaban J connectivity index is 1.91. The number of rotatable bonds is 5. The molecule has 0 spiro atoms. The molecule has 21 heavy (non-hydrogen) atoms. The average molecular weight is 307 g/mol. The van der Waals surface area contributed by atoms with Gasteiger partial charge in [-0.1, -0.05) is 11.6 Å². The lowest BCUT2D eigenvalue weighted by molar-refractivity contribution is -0.118. The van der Waals surface area contributed by atoms with Gasteiger partial charge in [0.25, 0.3) is 5.91 Å². The number of nitrogen functional groups attached to an aromatic ring is 1. The van der Waals surface area contributed by atoms with E-state index in [9.17, 15) is 4.79 Å². The molecule has 6 heteroatoms. The van der Waals surface area contributed by atoms with Crippen LogP contribution in [0.3, 0.4) is 0 Å². The first-order valence-electron chi connectivity index (χ1n) is 6.20. The third kappa shape index (κ3) is 4.29. The Morgan fingerprint density at radius 2 is 1.95 bits per heavy atom. The van der Waals surface area contributed by atoms with Crippen LogP contribution in [0.2, 0.25) is 5.02 Å². The Kier molecular flexibility index (Phi) is 4.90. The van der Waals surface area contributed by atoms with Crippen LogP contribution in [0.5, 0.6) is 11.5 Å². The second-order valence-electron chi connectivity index (χ2n) is 4.26. The summed E-state index contributed by atoms with van der Waals surface area (Å²) in [6, 6.07) is 11.8. The molecule has 2 aromatic rings. The highest BCUT2D eigenvalue weighted by Gasteiger charge is 2.06. The van der Waals surface area contributed by atoms with Crippen LogP contribution in [-0.4, -0.2) is 19.6 Å². The Bertz CT molecular complexity index is 629. The summed E-state index contributed by atoms with van der Waals surface area (Å²) in [6.45, 7) is -0.102. The zero-order chi connectivity index (χ0) is 15.2. The van der Waals surface area contributed by atoms with Crippen molar-refractivity contribution in [3.05, 3.63) is 47.5 Å². The Morgan fingerprint density at radius 3 is 2.62 bits per heavy atom. The summed E-state index contributed by atoms with van der Waals surface area (Å²) < 4.78 is 10.4. The van der Waals surface area contributed by atoms with Gasteiger partial charge >= 0.3 is 0 Å². The van der Waals surface area contributed by atoms with Crippen molar-refractivity contribution in [1.82, 2.24) is 0 Å². The molecule has 0 bridgehead atoms. The molecule has 110 valence electrons. The third-order valence-corrected chi connectivity index (χ3v) is 3.00. The lowest BCUT2D eigenvalue weighted by Crippen LogP contribution is -2.20. The molecule has 0 unspecified atom stereocenters. The summed E-state index contributed by atoms with van der Waals surface area (Å²) in [7, 11) is 1.51. The standard InChI is InChI=1S/C15H15ClN2O3/c1-20-14-8-11(4-7-13(14)16)18-15(19)9-21-12-5-2-10(17)3-6-12/h2-8H,9,17H2,1H3,(H,18,19). The van der Waals surface area contributed by atoms with E-state index in [1.807, 2.05) is 0 Å². The second kappa shape index (κ2) is 6.85. The molecule has 0 aliphatic carbocycles. The molecule has 0 aliphatic rings. The van der Waals surface area contributed by atoms with Gasteiger partial charge in [0, 0.05) is 17.4 Å². The number of methoxy groups -OCH3 is 1. The van der Waals surface area contributed by atoms with Gasteiger partial charge in [-0.25, -0.2) is 0 Å². The van der Waals surface area contributed by atoms with E-state index in [0.717, 1.165) is 0 Å². The van der Waals surface area contributed by atoms with E-state index in [1.54, 1.807) is 42.5 Å². The first-order valence-corrected chi connectivity index (χ1v) is 6.58. The number of carbonyl (C=O) groups is 1. The fourth-order valence-electron chi connectivity index (χ4n) is 1.65. The van der Waals surface area contributed by atoms with Crippen molar-refractivity contribution in [2.24, 2.45) is 0 Å². The van der Waals surface area contributed by atoms with Gasteiger partial charge in [0.05, 0.1) is 12.1 Å². The molecule has 0 saturated heterocycles. The fraction of sp³-hybridized carbons (Fsp3) is 0.133. The molecular weight excluding hydrogens is 292 g/mol. The smallest absolute Gasteiger partial charge is 0.262 e. The number of carbonyl (C=O) groups excluding carboxylic acids is 1. The maximum Gasteiger partial charge on any atom is 0.262 e. The summed E-state index contributed by atoms with van der Waals surface area (Å²) in [4.78, 5) is 11.8. The molecule has 0 radical (unpaired) electrons. The van der Waals surface area contributed by atoms with Crippen LogP contribution in [0.15, 0.2) is 42.5 Å². The highest BCUT2D eigenvalue weighted by Crippen LogP contribution is 2.27. The van der Waals surface area contributed by atoms with Gasteiger partial charge in [-0.2, -0.15) is 0 Å². The van der Waals surface area contributed by atoms with Gasteiger partial charge in [-0.15, -0.1) is 0 Å². The number of nitrogens with one attached hydrogen (secondary N) is 1. The van der Waals surface area contributed by atoms with Gasteiger partial charge in [-0.05, 0) is 36.4 Å². The molecule has 0 saturated carbocycles. The molecule has 0 fully saturated rings. The van der Waals surface area contributed by atoms with Gasteiger partial charge in [0.15, 0.2) is 6.61 Å². The van der Waals surface area contributed by atoms with Crippen molar-refractivity contribution in [3.8, 4) is 11.5 Å². The minimum absolute atomic E-state index is 0.102. The zero-order valence-electron chi connectivity index (χ0n) is 11.4. The van der Waals surface area contributed by atoms with E-state index in [0.29, 0.717) is 27.9 Å². The van der Waals surface area contributed by atoms with E-state index >= 15 is 0 Å². The van der Waals surface area contributed by atoms with Crippen molar-refractivity contribution in [2.45, 2.75) is 0 Å². The maximum atomic E-state index is 11.8. The SMILES string of the molecule is COc1cc(NC(=O)COc2ccc(N)cc2)ccc1Cl. The molecule has 3 N–H and O–H groups in total. The molecule has 0 atom stereocenters. The number of ether oxygens (including phenoxy) is 2. The number of halogens is 1. The Hall–Kier alpha value is -2.40. The monoisotopic (exact) mass is 306 g/mol. The van der Waals surface area contributed by atoms with Crippen molar-refractivity contribution < 1.29 is 14.3 Å². The van der Waals surface area contributed by atoms with E-state index in [4.69, 9.17) is 26.8 Å². The molecule has 2 rings (SSSR count). The van der Waals surface area contributed by atoms with Crippen LogP contribution in [0, 0.1) is 0 Å². The predicted molar refractivity (Wildman–Crippen MR) is 83.0 cm³/mol. The lowest BCUT2D eigenvalue weighted by atomic mass is 10.3. The van der Waals surface area contributed by atoms with Crippen LogP contribution >= 0.6 is 11.6 Å². The normalized spacial score (nSPS) is 10.0. The molecule has 0 aromatic heterocycles. The van der Waals surface area contributed by atoms with E-state index in [-0.39, 0.29) is 12.5 Å². The van der Waals surface area contributed by atoms with Crippen LogP contribution < -0.4 is 20.5 Å². The average Bonchev–Trinajstić information content (AvgIpc) is 2.48. The molecule has 5 nitrogen and oxygen atoms in total. The highest BCUT2D eigenvalue weighted by molar-refractivity contribution is 6.32. The van der Waals surface area contributed by atoms with Gasteiger partial charge in [0.1, 0.15) is 11.5 Å². The summed E-state index contributed by atoms with van der Waals surface area (Å²) in [5.74, 6) is 0.790. The van der Waals surface area contributed by atoms with Gasteiger partial charge in [-0.3, -0.25) is 4.79 Å². The number of hydrogen-bond acceptors (Lipinski definition) is 4. The molecule has 0 heterocycles. The number of nitrogens with two attached hydrogens (primary N) is 1. The maximum absolute atomic E-state index is 11.8. The quantitative estimate of drug-likeness (QED) is 0.833. The minimum Gasteiger partial charge on any atom is -0.495 e. The Morgan fingerprint density at radius 1 is 1.24 bits per heavy atom. The van der Waals surface area contributed by atoms with Crippen molar-refractivity contribution in [3.63, 3.8) is 0 Å². The number of amides is 1. The third-order valence-electron chi connectivity index (χ3n) is 2.68. The zero-order valence-corrected chi connectivity index (χ0v) is 12.2. The van der Waals surface area contributed by atoms with E-state index in [1.165, 1.54) is 7.11 Å². The first-order chi connectivity index (χ1) is 10.1. The molecular formula is C15H15ClN2O3. The van der Waals surface area contributed by atoms with Gasteiger partial charge in [0.2, 0.25) is 0 Å². The second-order valence-corrected chi connectivity index (χ2v) is 4.66. The van der Waals surface area contributed by atoms with Crippen molar-refractivity contribution in [2.75, 3.05) is 24.8 Å². The molecule has 0 aliphatic heterocycles. The van der Waals surface area contributed by atoms with E-state index < -0.39 is 0 Å². The summed E-state index contributed by atoms with van der Waals surface area (Å²) in [6.07, 6.45) is 0. The number of benzene rings is 2. The van der Waals surface area contributed by atoms with Crippen molar-refractivity contribution in [1.29, 1.82) is 0 Å². The largest absolute Gasteiger partial charge is 0.495 e. The highest BCUT2D eigenvalue weighted by atomic mass is 35.5. The van der Waals surface area contributed by atoms with Crippen molar-refractivity contribution >= 4 is 28.9 Å². The van der Waals surface area contributed by atoms with Crippen LogP contribution in [0.25, 0.3) is 0 Å². The topological polar surface area (TPSA) is 73.6 Å². The molecule has 1 amide bonds. The summed E-state index contributed by atoms with van der Waals surface area (Å²) in [5, 5.41) is 3.18. The predicted octanol–water partition coefficient (Wildman–Crippen LogP) is 2.95. The Labute approximate surface area is 127 Å². The van der Waals surface area contributed by atoms with Gasteiger partial charge < -0.3 is 20.5 Å². The molecule has 2 aromatic carbocycles. The number of hydrogen-bond donors (Lipinski definition) is 2. The van der Waals surface area contributed by atoms with Crippen LogP contribution in [-0.2, 0) is 4.79 Å². The van der Waals surface area contributed by atoms with E-state index in [2.05, 4.69) is 5.32 Å². The lowest BCUT2D eigenvalue weighted by Gasteiger charge is -2.09. The fourth-order valence-corrected chi connectivity index (χ4v) is 1.84. The van der Waals surface area contributed by atoms with Crippen LogP contribution in [0.1, 0.15) is 0 Å². The number of anilines is 2.